The Morgan fingerprint density at radius 2 is 1.62 bits per heavy atom. The Morgan fingerprint density at radius 1 is 1.08 bits per heavy atom. The zero-order chi connectivity index (χ0) is 17.9. The predicted octanol–water partition coefficient (Wildman–Crippen LogP) is -0.722. The number of methoxy groups -OCH3 is 1. The lowest BCUT2D eigenvalue weighted by atomic mass is 10.1. The molecule has 0 saturated heterocycles. The summed E-state index contributed by atoms with van der Waals surface area (Å²) in [5, 5.41) is 27.7. The van der Waals surface area contributed by atoms with Crippen LogP contribution in [0.2, 0.25) is 0 Å². The van der Waals surface area contributed by atoms with Crippen LogP contribution in [0.5, 0.6) is 0 Å². The zero-order valence-corrected chi connectivity index (χ0v) is 13.6. The van der Waals surface area contributed by atoms with Crippen LogP contribution in [0.25, 0.3) is 0 Å². The number of hydrogen-bond acceptors (Lipinski definition) is 8. The first-order valence-corrected chi connectivity index (χ1v) is 7.50. The van der Waals surface area contributed by atoms with Crippen LogP contribution >= 0.6 is 0 Å². The number of carbonyl (C=O) groups excluding carboxylic acids is 2. The van der Waals surface area contributed by atoms with Gasteiger partial charge in [0.1, 0.15) is 12.7 Å². The summed E-state index contributed by atoms with van der Waals surface area (Å²) >= 11 is 0. The molecule has 0 aliphatic carbocycles. The van der Waals surface area contributed by atoms with Crippen molar-refractivity contribution in [1.29, 1.82) is 0 Å². The Bertz CT molecular complexity index is 529. The third-order valence-corrected chi connectivity index (χ3v) is 3.26. The number of hydrogen-bond donors (Lipinski definition) is 3. The number of benzene rings is 1. The summed E-state index contributed by atoms with van der Waals surface area (Å²) in [6, 6.07) is 6.07. The minimum absolute atomic E-state index is 0.0547. The van der Waals surface area contributed by atoms with Crippen molar-refractivity contribution in [3.05, 3.63) is 35.4 Å². The summed E-state index contributed by atoms with van der Waals surface area (Å²) < 4.78 is 9.64. The highest BCUT2D eigenvalue weighted by atomic mass is 16.5. The summed E-state index contributed by atoms with van der Waals surface area (Å²) in [7, 11) is 1.21. The van der Waals surface area contributed by atoms with E-state index in [4.69, 9.17) is 14.9 Å². The molecular weight excluding hydrogens is 318 g/mol. The van der Waals surface area contributed by atoms with Gasteiger partial charge in [-0.05, 0) is 12.1 Å². The fourth-order valence-corrected chi connectivity index (χ4v) is 2.13. The van der Waals surface area contributed by atoms with Crippen molar-refractivity contribution in [2.75, 3.05) is 46.6 Å². The van der Waals surface area contributed by atoms with Crippen molar-refractivity contribution < 1.29 is 34.4 Å². The predicted molar refractivity (Wildman–Crippen MR) is 84.7 cm³/mol. The summed E-state index contributed by atoms with van der Waals surface area (Å²) in [5.74, 6) is -1.40. The number of aliphatic hydroxyl groups excluding tert-OH is 3. The monoisotopic (exact) mass is 341 g/mol. The van der Waals surface area contributed by atoms with E-state index in [1.807, 2.05) is 0 Å². The highest BCUT2D eigenvalue weighted by Crippen LogP contribution is 2.12. The molecule has 1 unspecified atom stereocenters. The van der Waals surface area contributed by atoms with Crippen LogP contribution in [0, 0.1) is 0 Å². The largest absolute Gasteiger partial charge is 0.465 e. The third kappa shape index (κ3) is 6.25. The number of rotatable bonds is 10. The smallest absolute Gasteiger partial charge is 0.339 e. The van der Waals surface area contributed by atoms with Gasteiger partial charge < -0.3 is 24.8 Å². The van der Waals surface area contributed by atoms with Gasteiger partial charge in [-0.3, -0.25) is 4.90 Å². The Labute approximate surface area is 140 Å². The normalized spacial score (nSPS) is 12.0. The van der Waals surface area contributed by atoms with Crippen LogP contribution in [0.15, 0.2) is 24.3 Å². The van der Waals surface area contributed by atoms with Crippen molar-refractivity contribution in [3.8, 4) is 0 Å². The molecule has 1 aromatic rings. The fourth-order valence-electron chi connectivity index (χ4n) is 2.13. The van der Waals surface area contributed by atoms with E-state index in [1.54, 1.807) is 17.0 Å². The van der Waals surface area contributed by atoms with Gasteiger partial charge in [0.25, 0.3) is 0 Å². The second-order valence-corrected chi connectivity index (χ2v) is 5.04. The molecule has 0 bridgehead atoms. The van der Waals surface area contributed by atoms with E-state index in [0.29, 0.717) is 0 Å². The van der Waals surface area contributed by atoms with Crippen molar-refractivity contribution in [2.45, 2.75) is 6.10 Å². The average Bonchev–Trinajstić information content (AvgIpc) is 2.59. The quantitative estimate of drug-likeness (QED) is 0.477. The molecule has 0 aliphatic rings. The molecule has 8 nitrogen and oxygen atoms in total. The summed E-state index contributed by atoms with van der Waals surface area (Å²) in [6.07, 6.45) is -0.989. The maximum atomic E-state index is 12.1. The molecule has 1 rings (SSSR count). The molecule has 24 heavy (non-hydrogen) atoms. The van der Waals surface area contributed by atoms with Crippen LogP contribution in [0.3, 0.4) is 0 Å². The summed E-state index contributed by atoms with van der Waals surface area (Å²) in [5.41, 5.74) is 0.140. The third-order valence-electron chi connectivity index (χ3n) is 3.26. The second kappa shape index (κ2) is 10.7. The molecule has 1 atom stereocenters. The molecule has 0 saturated carbocycles. The lowest BCUT2D eigenvalue weighted by molar-refractivity contribution is 0.0120. The van der Waals surface area contributed by atoms with Crippen molar-refractivity contribution >= 4 is 11.9 Å². The molecule has 0 aliphatic heterocycles. The van der Waals surface area contributed by atoms with Gasteiger partial charge in [-0.2, -0.15) is 0 Å². The van der Waals surface area contributed by atoms with Gasteiger partial charge in [-0.1, -0.05) is 12.1 Å². The average molecular weight is 341 g/mol. The number of esters is 2. The van der Waals surface area contributed by atoms with Crippen LogP contribution in [-0.2, 0) is 9.47 Å². The van der Waals surface area contributed by atoms with E-state index < -0.39 is 18.0 Å². The Kier molecular flexibility index (Phi) is 8.95. The molecule has 0 amide bonds. The van der Waals surface area contributed by atoms with E-state index in [-0.39, 0.29) is 50.6 Å². The molecule has 134 valence electrons. The molecule has 0 spiro atoms. The van der Waals surface area contributed by atoms with E-state index in [2.05, 4.69) is 4.74 Å². The van der Waals surface area contributed by atoms with E-state index in [9.17, 15) is 14.7 Å². The first-order valence-electron chi connectivity index (χ1n) is 7.50. The van der Waals surface area contributed by atoms with Crippen LogP contribution in [-0.4, -0.2) is 84.8 Å². The minimum atomic E-state index is -0.989. The first kappa shape index (κ1) is 20.0. The highest BCUT2D eigenvalue weighted by Gasteiger charge is 2.20. The standard InChI is InChI=1S/C16H23NO7/c1-23-15(21)13-4-2-3-5-14(13)16(22)24-11-12(20)10-17(6-8-18)7-9-19/h2-5,12,18-20H,6-11H2,1H3. The molecule has 0 aromatic heterocycles. The maximum absolute atomic E-state index is 12.1. The number of ether oxygens (including phenoxy) is 2. The Morgan fingerprint density at radius 3 is 2.12 bits per heavy atom. The topological polar surface area (TPSA) is 117 Å². The fraction of sp³-hybridized carbons (Fsp3) is 0.500. The SMILES string of the molecule is COC(=O)c1ccccc1C(=O)OCC(O)CN(CCO)CCO. The number of carbonyl (C=O) groups is 2. The van der Waals surface area contributed by atoms with Gasteiger partial charge >= 0.3 is 11.9 Å². The number of aliphatic hydroxyl groups is 3. The van der Waals surface area contributed by atoms with E-state index >= 15 is 0 Å². The highest BCUT2D eigenvalue weighted by molar-refractivity contribution is 6.03. The Balaban J connectivity index is 2.61. The Hall–Kier alpha value is -2.00. The molecular formula is C16H23NO7. The van der Waals surface area contributed by atoms with E-state index in [1.165, 1.54) is 19.2 Å². The molecule has 0 radical (unpaired) electrons. The zero-order valence-electron chi connectivity index (χ0n) is 13.6. The molecule has 1 aromatic carbocycles. The van der Waals surface area contributed by atoms with Crippen LogP contribution in [0.1, 0.15) is 20.7 Å². The number of nitrogens with zero attached hydrogens (tertiary/aromatic N) is 1. The molecule has 8 heteroatoms. The summed E-state index contributed by atoms with van der Waals surface area (Å²) in [6.45, 7) is 0.209. The van der Waals surface area contributed by atoms with Gasteiger partial charge in [0.2, 0.25) is 0 Å². The van der Waals surface area contributed by atoms with Crippen LogP contribution < -0.4 is 0 Å². The van der Waals surface area contributed by atoms with Gasteiger partial charge in [0, 0.05) is 19.6 Å². The second-order valence-electron chi connectivity index (χ2n) is 5.04. The summed E-state index contributed by atoms with van der Waals surface area (Å²) in [4.78, 5) is 25.4. The molecule has 3 N–H and O–H groups in total. The van der Waals surface area contributed by atoms with Crippen LogP contribution in [0.4, 0.5) is 0 Å². The van der Waals surface area contributed by atoms with Crippen molar-refractivity contribution in [2.24, 2.45) is 0 Å². The molecule has 0 heterocycles. The van der Waals surface area contributed by atoms with Gasteiger partial charge in [-0.15, -0.1) is 0 Å². The lowest BCUT2D eigenvalue weighted by Crippen LogP contribution is -2.38. The first-order chi connectivity index (χ1) is 11.5. The van der Waals surface area contributed by atoms with Gasteiger partial charge in [0.05, 0.1) is 31.5 Å². The maximum Gasteiger partial charge on any atom is 0.339 e. The minimum Gasteiger partial charge on any atom is -0.465 e. The van der Waals surface area contributed by atoms with Gasteiger partial charge in [0.15, 0.2) is 0 Å². The van der Waals surface area contributed by atoms with Crippen molar-refractivity contribution in [3.63, 3.8) is 0 Å². The lowest BCUT2D eigenvalue weighted by Gasteiger charge is -2.23. The van der Waals surface area contributed by atoms with Crippen molar-refractivity contribution in [1.82, 2.24) is 4.90 Å². The molecule has 0 fully saturated rings. The van der Waals surface area contributed by atoms with E-state index in [0.717, 1.165) is 0 Å². The van der Waals surface area contributed by atoms with Gasteiger partial charge in [-0.25, -0.2) is 9.59 Å².